The molecule has 17 heavy (non-hydrogen) atoms. The summed E-state index contributed by atoms with van der Waals surface area (Å²) in [6.07, 6.45) is 0. The predicted octanol–water partition coefficient (Wildman–Crippen LogP) is 2.15. The third-order valence-electron chi connectivity index (χ3n) is 2.66. The fourth-order valence-electron chi connectivity index (χ4n) is 1.79. The maximum atomic E-state index is 12.2. The van der Waals surface area contributed by atoms with Crippen LogP contribution in [0.1, 0.15) is 28.5 Å². The number of carbonyl (C=O) groups excluding carboxylic acids is 1. The molecule has 1 N–H and O–H groups in total. The summed E-state index contributed by atoms with van der Waals surface area (Å²) in [4.78, 5) is 12.2. The molecule has 1 aromatic heterocycles. The van der Waals surface area contributed by atoms with Crippen molar-refractivity contribution in [3.05, 3.63) is 47.2 Å². The SMILES string of the molecule is CCn1nc(C)c(C(=O)c2ccccc2)c1O. The van der Waals surface area contributed by atoms with Crippen LogP contribution in [0.5, 0.6) is 5.88 Å². The summed E-state index contributed by atoms with van der Waals surface area (Å²) in [5.41, 5.74) is 1.40. The van der Waals surface area contributed by atoms with Crippen molar-refractivity contribution in [2.24, 2.45) is 0 Å². The second-order valence-corrected chi connectivity index (χ2v) is 3.79. The molecule has 1 aromatic carbocycles. The first kappa shape index (κ1) is 11.4. The zero-order valence-electron chi connectivity index (χ0n) is 9.84. The van der Waals surface area contributed by atoms with Crippen LogP contribution in [0.2, 0.25) is 0 Å². The zero-order chi connectivity index (χ0) is 12.4. The summed E-state index contributed by atoms with van der Waals surface area (Å²) in [6, 6.07) is 8.89. The summed E-state index contributed by atoms with van der Waals surface area (Å²) < 4.78 is 1.42. The van der Waals surface area contributed by atoms with E-state index in [4.69, 9.17) is 0 Å². The van der Waals surface area contributed by atoms with E-state index in [2.05, 4.69) is 5.10 Å². The lowest BCUT2D eigenvalue weighted by atomic mass is 10.0. The first-order valence-corrected chi connectivity index (χ1v) is 5.51. The van der Waals surface area contributed by atoms with Crippen molar-refractivity contribution >= 4 is 5.78 Å². The van der Waals surface area contributed by atoms with Gasteiger partial charge in [-0.15, -0.1) is 0 Å². The lowest BCUT2D eigenvalue weighted by molar-refractivity contribution is 0.103. The molecule has 0 radical (unpaired) electrons. The summed E-state index contributed by atoms with van der Waals surface area (Å²) in [5.74, 6) is -0.251. The molecule has 0 aliphatic carbocycles. The molecule has 0 spiro atoms. The molecule has 2 rings (SSSR count). The highest BCUT2D eigenvalue weighted by Crippen LogP contribution is 2.23. The third-order valence-corrected chi connectivity index (χ3v) is 2.66. The molecule has 0 saturated heterocycles. The number of aromatic nitrogens is 2. The van der Waals surface area contributed by atoms with Crippen molar-refractivity contribution in [2.75, 3.05) is 0 Å². The molecule has 0 unspecified atom stereocenters. The molecule has 88 valence electrons. The van der Waals surface area contributed by atoms with E-state index in [1.54, 1.807) is 31.2 Å². The maximum absolute atomic E-state index is 12.2. The summed E-state index contributed by atoms with van der Waals surface area (Å²) in [5, 5.41) is 14.0. The van der Waals surface area contributed by atoms with Crippen LogP contribution >= 0.6 is 0 Å². The number of ketones is 1. The monoisotopic (exact) mass is 230 g/mol. The zero-order valence-corrected chi connectivity index (χ0v) is 9.84. The van der Waals surface area contributed by atoms with Crippen molar-refractivity contribution in [1.82, 2.24) is 9.78 Å². The van der Waals surface area contributed by atoms with Crippen molar-refractivity contribution < 1.29 is 9.90 Å². The van der Waals surface area contributed by atoms with Crippen molar-refractivity contribution in [3.8, 4) is 5.88 Å². The van der Waals surface area contributed by atoms with E-state index in [1.807, 2.05) is 13.0 Å². The molecule has 0 fully saturated rings. The number of rotatable bonds is 3. The third kappa shape index (κ3) is 1.93. The van der Waals surface area contributed by atoms with E-state index in [9.17, 15) is 9.90 Å². The van der Waals surface area contributed by atoms with Gasteiger partial charge in [0.25, 0.3) is 0 Å². The minimum Gasteiger partial charge on any atom is -0.493 e. The fourth-order valence-corrected chi connectivity index (χ4v) is 1.79. The van der Waals surface area contributed by atoms with E-state index in [1.165, 1.54) is 4.68 Å². The van der Waals surface area contributed by atoms with Gasteiger partial charge in [-0.05, 0) is 13.8 Å². The van der Waals surface area contributed by atoms with Gasteiger partial charge in [-0.2, -0.15) is 5.10 Å². The number of carbonyl (C=O) groups is 1. The number of hydrogen-bond acceptors (Lipinski definition) is 3. The number of nitrogens with zero attached hydrogens (tertiary/aromatic N) is 2. The van der Waals surface area contributed by atoms with Gasteiger partial charge in [0.15, 0.2) is 5.78 Å². The van der Waals surface area contributed by atoms with E-state index in [0.29, 0.717) is 17.8 Å². The summed E-state index contributed by atoms with van der Waals surface area (Å²) >= 11 is 0. The highest BCUT2D eigenvalue weighted by molar-refractivity contribution is 6.11. The number of aryl methyl sites for hydroxylation is 2. The van der Waals surface area contributed by atoms with Gasteiger partial charge in [0.05, 0.1) is 5.69 Å². The van der Waals surface area contributed by atoms with Crippen LogP contribution in [-0.4, -0.2) is 20.7 Å². The molecule has 0 saturated carbocycles. The van der Waals surface area contributed by atoms with E-state index in [-0.39, 0.29) is 17.2 Å². The van der Waals surface area contributed by atoms with Crippen molar-refractivity contribution in [1.29, 1.82) is 0 Å². The van der Waals surface area contributed by atoms with E-state index >= 15 is 0 Å². The van der Waals surface area contributed by atoms with Crippen LogP contribution in [0.4, 0.5) is 0 Å². The largest absolute Gasteiger partial charge is 0.493 e. The van der Waals surface area contributed by atoms with Gasteiger partial charge in [-0.1, -0.05) is 30.3 Å². The fraction of sp³-hybridized carbons (Fsp3) is 0.231. The average molecular weight is 230 g/mol. The Morgan fingerprint density at radius 3 is 2.53 bits per heavy atom. The molecule has 4 heteroatoms. The van der Waals surface area contributed by atoms with Crippen molar-refractivity contribution in [3.63, 3.8) is 0 Å². The van der Waals surface area contributed by atoms with Crippen LogP contribution < -0.4 is 0 Å². The van der Waals surface area contributed by atoms with Crippen molar-refractivity contribution in [2.45, 2.75) is 20.4 Å². The Bertz CT molecular complexity index is 544. The van der Waals surface area contributed by atoms with Crippen LogP contribution in [-0.2, 0) is 6.54 Å². The van der Waals surface area contributed by atoms with Gasteiger partial charge in [-0.25, -0.2) is 4.68 Å². The smallest absolute Gasteiger partial charge is 0.221 e. The molecule has 2 aromatic rings. The van der Waals surface area contributed by atoms with E-state index in [0.717, 1.165) is 0 Å². The molecule has 0 aliphatic rings. The molecule has 0 aliphatic heterocycles. The molecular weight excluding hydrogens is 216 g/mol. The summed E-state index contributed by atoms with van der Waals surface area (Å²) in [7, 11) is 0. The minimum atomic E-state index is -0.194. The Kier molecular flexibility index (Phi) is 2.95. The van der Waals surface area contributed by atoms with Gasteiger partial charge < -0.3 is 5.11 Å². The van der Waals surface area contributed by atoms with Crippen LogP contribution in [0.3, 0.4) is 0 Å². The molecule has 1 heterocycles. The number of hydrogen-bond donors (Lipinski definition) is 1. The normalized spacial score (nSPS) is 10.5. The maximum Gasteiger partial charge on any atom is 0.221 e. The Hall–Kier alpha value is -2.10. The molecular formula is C13H14N2O2. The number of aromatic hydroxyl groups is 1. The van der Waals surface area contributed by atoms with Crippen LogP contribution in [0, 0.1) is 6.92 Å². The van der Waals surface area contributed by atoms with E-state index < -0.39 is 0 Å². The lowest BCUT2D eigenvalue weighted by Gasteiger charge is -2.01. The summed E-state index contributed by atoms with van der Waals surface area (Å²) in [6.45, 7) is 4.12. The first-order chi connectivity index (χ1) is 8.15. The topological polar surface area (TPSA) is 55.1 Å². The number of benzene rings is 1. The molecule has 0 atom stereocenters. The van der Waals surface area contributed by atoms with Gasteiger partial charge in [-0.3, -0.25) is 4.79 Å². The quantitative estimate of drug-likeness (QED) is 0.822. The Morgan fingerprint density at radius 1 is 1.35 bits per heavy atom. The van der Waals surface area contributed by atoms with Gasteiger partial charge >= 0.3 is 0 Å². The van der Waals surface area contributed by atoms with Crippen LogP contribution in [0.15, 0.2) is 30.3 Å². The van der Waals surface area contributed by atoms with Gasteiger partial charge in [0, 0.05) is 12.1 Å². The predicted molar refractivity (Wildman–Crippen MR) is 64.2 cm³/mol. The first-order valence-electron chi connectivity index (χ1n) is 5.51. The second kappa shape index (κ2) is 4.41. The molecule has 4 nitrogen and oxygen atoms in total. The standard InChI is InChI=1S/C13H14N2O2/c1-3-15-13(17)11(9(2)14-15)12(16)10-7-5-4-6-8-10/h4-8,17H,3H2,1-2H3. The molecule has 0 bridgehead atoms. The molecule has 0 amide bonds. The second-order valence-electron chi connectivity index (χ2n) is 3.79. The Morgan fingerprint density at radius 2 is 2.00 bits per heavy atom. The average Bonchev–Trinajstić information content (AvgIpc) is 2.64. The Balaban J connectivity index is 2.48. The lowest BCUT2D eigenvalue weighted by Crippen LogP contribution is -2.02. The highest BCUT2D eigenvalue weighted by Gasteiger charge is 2.21. The highest BCUT2D eigenvalue weighted by atomic mass is 16.3. The Labute approximate surface area is 99.5 Å². The van der Waals surface area contributed by atoms with Gasteiger partial charge in [0.2, 0.25) is 5.88 Å². The minimum absolute atomic E-state index is 0.0566. The van der Waals surface area contributed by atoms with Crippen LogP contribution in [0.25, 0.3) is 0 Å². The van der Waals surface area contributed by atoms with Gasteiger partial charge in [0.1, 0.15) is 5.56 Å².